The van der Waals surface area contributed by atoms with Gasteiger partial charge in [0.1, 0.15) is 10.7 Å². The fraction of sp³-hybridized carbons (Fsp3) is 0.0769. The molecule has 0 aliphatic rings. The van der Waals surface area contributed by atoms with Gasteiger partial charge in [-0.1, -0.05) is 17.4 Å². The van der Waals surface area contributed by atoms with E-state index in [1.165, 1.54) is 29.7 Å². The van der Waals surface area contributed by atoms with Crippen LogP contribution >= 0.6 is 11.3 Å². The fourth-order valence-corrected chi connectivity index (χ4v) is 3.94. The maximum atomic E-state index is 12.2. The zero-order valence-corrected chi connectivity index (χ0v) is 12.7. The van der Waals surface area contributed by atoms with Gasteiger partial charge < -0.3 is 5.73 Å². The van der Waals surface area contributed by atoms with Gasteiger partial charge in [-0.3, -0.25) is 4.72 Å². The SMILES string of the molecule is Cc1ccc2nc(NS(=O)(=O)c3ccc(N)nc3)sc2c1. The Labute approximate surface area is 125 Å². The molecule has 2 aromatic heterocycles. The number of aromatic nitrogens is 2. The second kappa shape index (κ2) is 4.97. The highest BCUT2D eigenvalue weighted by Crippen LogP contribution is 2.28. The van der Waals surface area contributed by atoms with Crippen molar-refractivity contribution >= 4 is 42.5 Å². The van der Waals surface area contributed by atoms with Crippen molar-refractivity contribution in [3.05, 3.63) is 42.1 Å². The zero-order valence-electron chi connectivity index (χ0n) is 11.1. The molecule has 0 saturated carbocycles. The number of nitrogens with zero attached hydrogens (tertiary/aromatic N) is 2. The molecule has 6 nitrogen and oxygen atoms in total. The first-order chi connectivity index (χ1) is 9.94. The minimum Gasteiger partial charge on any atom is -0.384 e. The van der Waals surface area contributed by atoms with Crippen LogP contribution in [0.4, 0.5) is 10.9 Å². The Kier molecular flexibility index (Phi) is 3.26. The summed E-state index contributed by atoms with van der Waals surface area (Å²) in [5.74, 6) is 0.268. The Bertz CT molecular complexity index is 902. The lowest BCUT2D eigenvalue weighted by Crippen LogP contribution is -2.13. The molecule has 0 saturated heterocycles. The minimum absolute atomic E-state index is 0.0483. The third kappa shape index (κ3) is 2.81. The Morgan fingerprint density at radius 1 is 1.24 bits per heavy atom. The summed E-state index contributed by atoms with van der Waals surface area (Å²) in [6.45, 7) is 1.98. The monoisotopic (exact) mass is 320 g/mol. The van der Waals surface area contributed by atoms with Gasteiger partial charge in [-0.15, -0.1) is 0 Å². The van der Waals surface area contributed by atoms with Crippen molar-refractivity contribution in [1.29, 1.82) is 0 Å². The van der Waals surface area contributed by atoms with Crippen molar-refractivity contribution in [3.8, 4) is 0 Å². The molecule has 0 aliphatic carbocycles. The number of anilines is 2. The van der Waals surface area contributed by atoms with Crippen LogP contribution in [0.15, 0.2) is 41.4 Å². The third-order valence-electron chi connectivity index (χ3n) is 2.84. The summed E-state index contributed by atoms with van der Waals surface area (Å²) < 4.78 is 27.9. The molecule has 0 aliphatic heterocycles. The number of hydrogen-bond donors (Lipinski definition) is 2. The van der Waals surface area contributed by atoms with E-state index in [0.717, 1.165) is 15.8 Å². The van der Waals surface area contributed by atoms with Crippen LogP contribution in [0.2, 0.25) is 0 Å². The number of rotatable bonds is 3. The Hall–Kier alpha value is -2.19. The van der Waals surface area contributed by atoms with E-state index in [0.29, 0.717) is 5.13 Å². The highest BCUT2D eigenvalue weighted by atomic mass is 32.2. The number of nitrogen functional groups attached to an aromatic ring is 1. The van der Waals surface area contributed by atoms with Crippen molar-refractivity contribution in [2.75, 3.05) is 10.5 Å². The van der Waals surface area contributed by atoms with Gasteiger partial charge in [0.25, 0.3) is 10.0 Å². The summed E-state index contributed by atoms with van der Waals surface area (Å²) in [4.78, 5) is 8.10. The average molecular weight is 320 g/mol. The standard InChI is InChI=1S/C13H12N4O2S2/c1-8-2-4-10-11(6-8)20-13(16-10)17-21(18,19)9-3-5-12(14)15-7-9/h2-7H,1H3,(H2,14,15)(H,16,17). The highest BCUT2D eigenvalue weighted by Gasteiger charge is 2.17. The summed E-state index contributed by atoms with van der Waals surface area (Å²) in [7, 11) is -3.71. The number of aryl methyl sites for hydroxylation is 1. The number of pyridine rings is 1. The molecule has 0 amide bonds. The van der Waals surface area contributed by atoms with Crippen LogP contribution in [-0.4, -0.2) is 18.4 Å². The van der Waals surface area contributed by atoms with E-state index in [1.54, 1.807) is 0 Å². The second-order valence-corrected chi connectivity index (χ2v) is 7.23. The lowest BCUT2D eigenvalue weighted by molar-refractivity contribution is 0.601. The molecule has 0 unspecified atom stereocenters. The van der Waals surface area contributed by atoms with Gasteiger partial charge in [0.2, 0.25) is 0 Å². The van der Waals surface area contributed by atoms with Gasteiger partial charge in [-0.2, -0.15) is 0 Å². The third-order valence-corrected chi connectivity index (χ3v) is 5.22. The van der Waals surface area contributed by atoms with Crippen molar-refractivity contribution in [3.63, 3.8) is 0 Å². The molecule has 3 aromatic rings. The van der Waals surface area contributed by atoms with Gasteiger partial charge in [0, 0.05) is 6.20 Å². The van der Waals surface area contributed by atoms with E-state index in [-0.39, 0.29) is 10.7 Å². The fourth-order valence-electron chi connectivity index (χ4n) is 1.80. The number of nitrogens with one attached hydrogen (secondary N) is 1. The van der Waals surface area contributed by atoms with Crippen molar-refractivity contribution < 1.29 is 8.42 Å². The van der Waals surface area contributed by atoms with E-state index < -0.39 is 10.0 Å². The van der Waals surface area contributed by atoms with Crippen LogP contribution in [0.3, 0.4) is 0 Å². The lowest BCUT2D eigenvalue weighted by Gasteiger charge is -2.04. The number of hydrogen-bond acceptors (Lipinski definition) is 6. The maximum absolute atomic E-state index is 12.2. The van der Waals surface area contributed by atoms with Crippen molar-refractivity contribution in [2.24, 2.45) is 0 Å². The number of nitrogens with two attached hydrogens (primary N) is 1. The second-order valence-electron chi connectivity index (χ2n) is 4.51. The van der Waals surface area contributed by atoms with Crippen LogP contribution < -0.4 is 10.5 Å². The Morgan fingerprint density at radius 2 is 2.05 bits per heavy atom. The van der Waals surface area contributed by atoms with Crippen LogP contribution in [0.1, 0.15) is 5.56 Å². The summed E-state index contributed by atoms with van der Waals surface area (Å²) in [6, 6.07) is 8.61. The molecule has 3 N–H and O–H groups in total. The lowest BCUT2D eigenvalue weighted by atomic mass is 10.2. The Balaban J connectivity index is 1.95. The summed E-state index contributed by atoms with van der Waals surface area (Å²) >= 11 is 1.29. The first-order valence-corrected chi connectivity index (χ1v) is 8.35. The summed E-state index contributed by atoms with van der Waals surface area (Å²) in [6.07, 6.45) is 1.22. The topological polar surface area (TPSA) is 98.0 Å². The summed E-state index contributed by atoms with van der Waals surface area (Å²) in [5.41, 5.74) is 7.31. The average Bonchev–Trinajstić information content (AvgIpc) is 2.79. The van der Waals surface area contributed by atoms with Gasteiger partial charge in [0.15, 0.2) is 5.13 Å². The molecular weight excluding hydrogens is 308 g/mol. The molecule has 0 spiro atoms. The van der Waals surface area contributed by atoms with Crippen molar-refractivity contribution in [2.45, 2.75) is 11.8 Å². The molecular formula is C13H12N4O2S2. The van der Waals surface area contributed by atoms with E-state index in [9.17, 15) is 8.42 Å². The van der Waals surface area contributed by atoms with Crippen LogP contribution in [0.25, 0.3) is 10.2 Å². The van der Waals surface area contributed by atoms with Crippen LogP contribution in [-0.2, 0) is 10.0 Å². The first kappa shape index (κ1) is 13.8. The molecule has 0 radical (unpaired) electrons. The molecule has 1 aromatic carbocycles. The highest BCUT2D eigenvalue weighted by molar-refractivity contribution is 7.93. The number of fused-ring (bicyclic) bond motifs is 1. The van der Waals surface area contributed by atoms with Gasteiger partial charge in [0.05, 0.1) is 10.2 Å². The molecule has 8 heteroatoms. The maximum Gasteiger partial charge on any atom is 0.265 e. The van der Waals surface area contributed by atoms with E-state index in [1.807, 2.05) is 25.1 Å². The predicted octanol–water partition coefficient (Wildman–Crippen LogP) is 2.38. The molecule has 108 valence electrons. The molecule has 3 rings (SSSR count). The molecule has 0 atom stereocenters. The van der Waals surface area contributed by atoms with E-state index in [4.69, 9.17) is 5.73 Å². The number of benzene rings is 1. The van der Waals surface area contributed by atoms with Gasteiger partial charge in [-0.05, 0) is 36.8 Å². The minimum atomic E-state index is -3.71. The molecule has 2 heterocycles. The van der Waals surface area contributed by atoms with Crippen molar-refractivity contribution in [1.82, 2.24) is 9.97 Å². The summed E-state index contributed by atoms with van der Waals surface area (Å²) in [5, 5.41) is 0.326. The normalized spacial score (nSPS) is 11.7. The first-order valence-electron chi connectivity index (χ1n) is 6.05. The van der Waals surface area contributed by atoms with Crippen LogP contribution in [0, 0.1) is 6.92 Å². The number of sulfonamides is 1. The van der Waals surface area contributed by atoms with E-state index in [2.05, 4.69) is 14.7 Å². The van der Waals surface area contributed by atoms with Gasteiger partial charge >= 0.3 is 0 Å². The number of thiazole rings is 1. The van der Waals surface area contributed by atoms with Gasteiger partial charge in [-0.25, -0.2) is 18.4 Å². The largest absolute Gasteiger partial charge is 0.384 e. The zero-order chi connectivity index (χ0) is 15.0. The molecule has 0 fully saturated rings. The predicted molar refractivity (Wildman–Crippen MR) is 83.8 cm³/mol. The Morgan fingerprint density at radius 3 is 2.76 bits per heavy atom. The quantitative estimate of drug-likeness (QED) is 0.772. The molecule has 21 heavy (non-hydrogen) atoms. The molecule has 0 bridgehead atoms. The smallest absolute Gasteiger partial charge is 0.265 e. The van der Waals surface area contributed by atoms with Crippen LogP contribution in [0.5, 0.6) is 0 Å². The van der Waals surface area contributed by atoms with E-state index >= 15 is 0 Å².